The minimum atomic E-state index is 0.476. The SMILES string of the molecule is CNCc1nnn(C(C)C2CC2)c1C1CCOC1. The quantitative estimate of drug-likeness (QED) is 0.860. The fourth-order valence-electron chi connectivity index (χ4n) is 2.88. The van der Waals surface area contributed by atoms with Crippen LogP contribution in [0, 0.1) is 5.92 Å². The Hall–Kier alpha value is -0.940. The highest BCUT2D eigenvalue weighted by Gasteiger charge is 2.34. The van der Waals surface area contributed by atoms with E-state index >= 15 is 0 Å². The topological polar surface area (TPSA) is 52.0 Å². The molecule has 1 aromatic heterocycles. The molecule has 100 valence electrons. The summed E-state index contributed by atoms with van der Waals surface area (Å²) in [6.45, 7) is 4.76. The predicted molar refractivity (Wildman–Crippen MR) is 68.4 cm³/mol. The molecule has 18 heavy (non-hydrogen) atoms. The molecular weight excluding hydrogens is 228 g/mol. The van der Waals surface area contributed by atoms with Crippen molar-refractivity contribution in [1.82, 2.24) is 20.3 Å². The molecule has 5 heteroatoms. The first kappa shape index (κ1) is 12.1. The molecule has 1 N–H and O–H groups in total. The summed E-state index contributed by atoms with van der Waals surface area (Å²) in [6, 6.07) is 0.485. The smallest absolute Gasteiger partial charge is 0.100 e. The van der Waals surface area contributed by atoms with Crippen LogP contribution in [0.1, 0.15) is 49.5 Å². The second-order valence-electron chi connectivity index (χ2n) is 5.53. The van der Waals surface area contributed by atoms with Gasteiger partial charge in [0.1, 0.15) is 5.69 Å². The highest BCUT2D eigenvalue weighted by atomic mass is 16.5. The summed E-state index contributed by atoms with van der Waals surface area (Å²) < 4.78 is 7.71. The largest absolute Gasteiger partial charge is 0.381 e. The van der Waals surface area contributed by atoms with Crippen LogP contribution in [-0.4, -0.2) is 35.3 Å². The average Bonchev–Trinajstić information content (AvgIpc) is 2.92. The monoisotopic (exact) mass is 250 g/mol. The minimum Gasteiger partial charge on any atom is -0.381 e. The number of hydrogen-bond donors (Lipinski definition) is 1. The first-order chi connectivity index (χ1) is 8.81. The van der Waals surface area contributed by atoms with E-state index in [0.29, 0.717) is 12.0 Å². The van der Waals surface area contributed by atoms with Gasteiger partial charge in [-0.25, -0.2) is 4.68 Å². The third kappa shape index (κ3) is 2.17. The van der Waals surface area contributed by atoms with Gasteiger partial charge in [-0.3, -0.25) is 0 Å². The van der Waals surface area contributed by atoms with Crippen molar-refractivity contribution in [2.75, 3.05) is 20.3 Å². The molecule has 0 bridgehead atoms. The third-order valence-electron chi connectivity index (χ3n) is 4.15. The van der Waals surface area contributed by atoms with Crippen molar-refractivity contribution in [3.63, 3.8) is 0 Å². The van der Waals surface area contributed by atoms with E-state index in [2.05, 4.69) is 27.2 Å². The number of aromatic nitrogens is 3. The van der Waals surface area contributed by atoms with E-state index in [1.54, 1.807) is 0 Å². The van der Waals surface area contributed by atoms with Crippen molar-refractivity contribution in [3.8, 4) is 0 Å². The lowest BCUT2D eigenvalue weighted by molar-refractivity contribution is 0.192. The molecule has 2 aliphatic rings. The molecule has 1 aliphatic carbocycles. The van der Waals surface area contributed by atoms with E-state index < -0.39 is 0 Å². The standard InChI is InChI=1S/C13H22N4O/c1-9(10-3-4-10)17-13(11-5-6-18-8-11)12(7-14-2)15-16-17/h9-11,14H,3-8H2,1-2H3. The van der Waals surface area contributed by atoms with Crippen molar-refractivity contribution in [1.29, 1.82) is 0 Å². The summed E-state index contributed by atoms with van der Waals surface area (Å²) in [4.78, 5) is 0. The van der Waals surface area contributed by atoms with E-state index in [0.717, 1.165) is 37.8 Å². The fourth-order valence-corrected chi connectivity index (χ4v) is 2.88. The summed E-state index contributed by atoms with van der Waals surface area (Å²) in [5.41, 5.74) is 2.40. The van der Waals surface area contributed by atoms with Crippen molar-refractivity contribution >= 4 is 0 Å². The maximum absolute atomic E-state index is 5.54. The van der Waals surface area contributed by atoms with Gasteiger partial charge in [-0.1, -0.05) is 5.21 Å². The van der Waals surface area contributed by atoms with E-state index in [9.17, 15) is 0 Å². The Morgan fingerprint density at radius 2 is 2.28 bits per heavy atom. The second-order valence-corrected chi connectivity index (χ2v) is 5.53. The molecular formula is C13H22N4O. The Balaban J connectivity index is 1.91. The van der Waals surface area contributed by atoms with Crippen LogP contribution in [0.15, 0.2) is 0 Å². The van der Waals surface area contributed by atoms with Gasteiger partial charge in [-0.05, 0) is 39.2 Å². The van der Waals surface area contributed by atoms with Crippen LogP contribution >= 0.6 is 0 Å². The zero-order valence-electron chi connectivity index (χ0n) is 11.2. The van der Waals surface area contributed by atoms with E-state index in [-0.39, 0.29) is 0 Å². The van der Waals surface area contributed by atoms with Crippen LogP contribution in [0.3, 0.4) is 0 Å². The predicted octanol–water partition coefficient (Wildman–Crippen LogP) is 1.47. The Labute approximate surface area is 108 Å². The van der Waals surface area contributed by atoms with Gasteiger partial charge in [-0.2, -0.15) is 0 Å². The van der Waals surface area contributed by atoms with Gasteiger partial charge in [-0.15, -0.1) is 5.10 Å². The van der Waals surface area contributed by atoms with Crippen molar-refractivity contribution in [2.24, 2.45) is 5.92 Å². The van der Waals surface area contributed by atoms with Gasteiger partial charge in [0.2, 0.25) is 0 Å². The molecule has 2 fully saturated rings. The molecule has 2 unspecified atom stereocenters. The van der Waals surface area contributed by atoms with Crippen LogP contribution in [0.2, 0.25) is 0 Å². The lowest BCUT2D eigenvalue weighted by atomic mass is 10.0. The van der Waals surface area contributed by atoms with E-state index in [1.165, 1.54) is 18.5 Å². The maximum atomic E-state index is 5.54. The number of hydrogen-bond acceptors (Lipinski definition) is 4. The highest BCUT2D eigenvalue weighted by Crippen LogP contribution is 2.41. The molecule has 3 rings (SSSR count). The molecule has 0 aromatic carbocycles. The molecule has 1 aromatic rings. The Morgan fingerprint density at radius 1 is 1.44 bits per heavy atom. The molecule has 1 saturated carbocycles. The molecule has 1 saturated heterocycles. The zero-order chi connectivity index (χ0) is 12.5. The van der Waals surface area contributed by atoms with Crippen molar-refractivity contribution < 1.29 is 4.74 Å². The highest BCUT2D eigenvalue weighted by molar-refractivity contribution is 5.18. The van der Waals surface area contributed by atoms with Crippen LogP contribution < -0.4 is 5.32 Å². The van der Waals surface area contributed by atoms with Crippen LogP contribution in [-0.2, 0) is 11.3 Å². The normalized spacial score (nSPS) is 25.6. The maximum Gasteiger partial charge on any atom is 0.100 e. The molecule has 0 spiro atoms. The Morgan fingerprint density at radius 3 is 2.89 bits per heavy atom. The summed E-state index contributed by atoms with van der Waals surface area (Å²) >= 11 is 0. The first-order valence-electron chi connectivity index (χ1n) is 6.97. The number of nitrogens with zero attached hydrogens (tertiary/aromatic N) is 3. The van der Waals surface area contributed by atoms with Gasteiger partial charge >= 0.3 is 0 Å². The summed E-state index contributed by atoms with van der Waals surface area (Å²) in [6.07, 6.45) is 3.77. The molecule has 5 nitrogen and oxygen atoms in total. The zero-order valence-corrected chi connectivity index (χ0v) is 11.2. The van der Waals surface area contributed by atoms with Gasteiger partial charge in [0.05, 0.1) is 18.3 Å². The average molecular weight is 250 g/mol. The van der Waals surface area contributed by atoms with E-state index in [4.69, 9.17) is 4.74 Å². The van der Waals surface area contributed by atoms with Gasteiger partial charge in [0, 0.05) is 19.1 Å². The molecule has 1 aliphatic heterocycles. The van der Waals surface area contributed by atoms with Crippen LogP contribution in [0.5, 0.6) is 0 Å². The number of rotatable bonds is 5. The lowest BCUT2D eigenvalue weighted by Gasteiger charge is -2.17. The van der Waals surface area contributed by atoms with Crippen LogP contribution in [0.4, 0.5) is 0 Å². The lowest BCUT2D eigenvalue weighted by Crippen LogP contribution is -2.17. The fraction of sp³-hybridized carbons (Fsp3) is 0.846. The summed E-state index contributed by atoms with van der Waals surface area (Å²) in [5, 5.41) is 12.0. The minimum absolute atomic E-state index is 0.476. The second kappa shape index (κ2) is 4.97. The van der Waals surface area contributed by atoms with Gasteiger partial charge in [0.15, 0.2) is 0 Å². The Bertz CT molecular complexity index is 407. The van der Waals surface area contributed by atoms with Gasteiger partial charge in [0.25, 0.3) is 0 Å². The van der Waals surface area contributed by atoms with Gasteiger partial charge < -0.3 is 10.1 Å². The van der Waals surface area contributed by atoms with E-state index in [1.807, 2.05) is 7.05 Å². The first-order valence-corrected chi connectivity index (χ1v) is 6.97. The number of nitrogens with one attached hydrogen (secondary N) is 1. The summed E-state index contributed by atoms with van der Waals surface area (Å²) in [7, 11) is 1.96. The van der Waals surface area contributed by atoms with Crippen molar-refractivity contribution in [2.45, 2.75) is 44.7 Å². The third-order valence-corrected chi connectivity index (χ3v) is 4.15. The Kier molecular flexibility index (Phi) is 3.35. The number of ether oxygens (including phenoxy) is 1. The van der Waals surface area contributed by atoms with Crippen LogP contribution in [0.25, 0.3) is 0 Å². The van der Waals surface area contributed by atoms with Crippen molar-refractivity contribution in [3.05, 3.63) is 11.4 Å². The molecule has 0 radical (unpaired) electrons. The molecule has 2 heterocycles. The summed E-state index contributed by atoms with van der Waals surface area (Å²) in [5.74, 6) is 1.28. The molecule has 2 atom stereocenters. The molecule has 0 amide bonds.